The number of anilines is 1. The number of nitrogens with zero attached hydrogens (tertiary/aromatic N) is 3. The minimum atomic E-state index is -0.345. The Hall–Kier alpha value is -3.56. The highest BCUT2D eigenvalue weighted by Crippen LogP contribution is 2.30. The van der Waals surface area contributed by atoms with Crippen molar-refractivity contribution in [1.82, 2.24) is 14.5 Å². The molecule has 2 aromatic carbocycles. The van der Waals surface area contributed by atoms with Crippen LogP contribution < -0.4 is 10.9 Å². The second-order valence-corrected chi connectivity index (χ2v) is 9.69. The van der Waals surface area contributed by atoms with Crippen molar-refractivity contribution in [3.63, 3.8) is 0 Å². The number of aryl methyl sites for hydroxylation is 1. The van der Waals surface area contributed by atoms with Crippen molar-refractivity contribution in [2.75, 3.05) is 11.1 Å². The Morgan fingerprint density at radius 1 is 1.12 bits per heavy atom. The summed E-state index contributed by atoms with van der Waals surface area (Å²) in [5.41, 5.74) is 2.94. The molecular weight excluding hydrogens is 471 g/mol. The molecule has 0 aliphatic heterocycles. The molecular formula is C25H19FN4O2S2. The molecule has 0 spiro atoms. The van der Waals surface area contributed by atoms with Gasteiger partial charge in [-0.05, 0) is 48.9 Å². The van der Waals surface area contributed by atoms with Crippen molar-refractivity contribution < 1.29 is 9.18 Å². The third-order valence-electron chi connectivity index (χ3n) is 5.24. The molecule has 170 valence electrons. The fourth-order valence-electron chi connectivity index (χ4n) is 3.53. The number of fused-ring (bicyclic) bond motifs is 3. The van der Waals surface area contributed by atoms with E-state index in [1.165, 1.54) is 39.8 Å². The predicted octanol–water partition coefficient (Wildman–Crippen LogP) is 5.23. The van der Waals surface area contributed by atoms with Crippen LogP contribution in [0.4, 0.5) is 10.1 Å². The summed E-state index contributed by atoms with van der Waals surface area (Å²) in [5, 5.41) is 4.09. The molecule has 0 atom stereocenters. The van der Waals surface area contributed by atoms with Crippen LogP contribution in [0.2, 0.25) is 0 Å². The first kappa shape index (κ1) is 22.2. The molecule has 0 bridgehead atoms. The van der Waals surface area contributed by atoms with E-state index >= 15 is 0 Å². The molecule has 9 heteroatoms. The van der Waals surface area contributed by atoms with Crippen molar-refractivity contribution in [3.05, 3.63) is 94.2 Å². The van der Waals surface area contributed by atoms with Crippen molar-refractivity contribution in [2.45, 2.75) is 18.6 Å². The molecule has 6 nitrogen and oxygen atoms in total. The number of carbonyl (C=O) groups is 1. The molecule has 1 N–H and O–H groups in total. The molecule has 34 heavy (non-hydrogen) atoms. The highest BCUT2D eigenvalue weighted by molar-refractivity contribution is 7.99. The molecule has 5 aromatic rings. The summed E-state index contributed by atoms with van der Waals surface area (Å²) in [6, 6.07) is 17.2. The Morgan fingerprint density at radius 3 is 2.65 bits per heavy atom. The van der Waals surface area contributed by atoms with Crippen molar-refractivity contribution in [3.8, 4) is 0 Å². The maximum atomic E-state index is 13.5. The lowest BCUT2D eigenvalue weighted by Gasteiger charge is -2.12. The lowest BCUT2D eigenvalue weighted by atomic mass is 10.2. The molecule has 0 aliphatic carbocycles. The second-order valence-electron chi connectivity index (χ2n) is 7.75. The van der Waals surface area contributed by atoms with E-state index in [-0.39, 0.29) is 29.6 Å². The monoisotopic (exact) mass is 490 g/mol. The number of benzene rings is 2. The van der Waals surface area contributed by atoms with Gasteiger partial charge < -0.3 is 5.32 Å². The van der Waals surface area contributed by atoms with Crippen molar-refractivity contribution >= 4 is 55.1 Å². The van der Waals surface area contributed by atoms with Crippen LogP contribution in [0.1, 0.15) is 11.1 Å². The van der Waals surface area contributed by atoms with E-state index in [4.69, 9.17) is 4.98 Å². The molecule has 0 fully saturated rings. The lowest BCUT2D eigenvalue weighted by molar-refractivity contribution is -0.113. The smallest absolute Gasteiger partial charge is 0.272 e. The first-order valence-electron chi connectivity index (χ1n) is 10.5. The summed E-state index contributed by atoms with van der Waals surface area (Å²) in [5.74, 6) is -0.466. The maximum absolute atomic E-state index is 13.5. The van der Waals surface area contributed by atoms with Gasteiger partial charge in [-0.3, -0.25) is 14.2 Å². The standard InChI is InChI=1S/C25H19FN4O2S2/c1-15-4-10-18(11-5-15)28-20(31)14-33-25-29-21-19-3-2-12-27-23(19)34-22(21)24(32)30(25)13-16-6-8-17(26)9-7-16/h2-12H,13-14H2,1H3,(H,28,31). The summed E-state index contributed by atoms with van der Waals surface area (Å²) in [4.78, 5) is 35.9. The number of thioether (sulfide) groups is 1. The van der Waals surface area contributed by atoms with E-state index in [1.54, 1.807) is 18.3 Å². The summed E-state index contributed by atoms with van der Waals surface area (Å²) >= 11 is 2.49. The lowest BCUT2D eigenvalue weighted by Crippen LogP contribution is -2.24. The Morgan fingerprint density at radius 2 is 1.88 bits per heavy atom. The van der Waals surface area contributed by atoms with Gasteiger partial charge in [-0.15, -0.1) is 11.3 Å². The van der Waals surface area contributed by atoms with Gasteiger partial charge in [0, 0.05) is 17.3 Å². The Bertz CT molecular complexity index is 1560. The zero-order chi connectivity index (χ0) is 23.7. The summed E-state index contributed by atoms with van der Waals surface area (Å²) in [6.07, 6.45) is 1.68. The highest BCUT2D eigenvalue weighted by atomic mass is 32.2. The Labute approximate surface area is 202 Å². The van der Waals surface area contributed by atoms with Crippen LogP contribution in [0.25, 0.3) is 20.4 Å². The number of hydrogen-bond donors (Lipinski definition) is 1. The van der Waals surface area contributed by atoms with Gasteiger partial charge in [-0.25, -0.2) is 14.4 Å². The molecule has 0 unspecified atom stereocenters. The minimum absolute atomic E-state index is 0.0789. The molecule has 0 saturated carbocycles. The fourth-order valence-corrected chi connectivity index (χ4v) is 5.35. The molecule has 5 rings (SSSR count). The van der Waals surface area contributed by atoms with E-state index in [9.17, 15) is 14.0 Å². The first-order valence-corrected chi connectivity index (χ1v) is 12.3. The minimum Gasteiger partial charge on any atom is -0.325 e. The number of nitrogens with one attached hydrogen (secondary N) is 1. The van der Waals surface area contributed by atoms with Crippen LogP contribution in [-0.2, 0) is 11.3 Å². The van der Waals surface area contributed by atoms with Crippen LogP contribution >= 0.6 is 23.1 Å². The molecule has 0 aliphatic rings. The van der Waals surface area contributed by atoms with E-state index < -0.39 is 0 Å². The molecule has 0 radical (unpaired) electrons. The fraction of sp³-hybridized carbons (Fsp3) is 0.120. The van der Waals surface area contributed by atoms with Gasteiger partial charge in [0.05, 0.1) is 17.8 Å². The third kappa shape index (κ3) is 4.57. The van der Waals surface area contributed by atoms with Crippen molar-refractivity contribution in [1.29, 1.82) is 0 Å². The first-order chi connectivity index (χ1) is 16.5. The number of aromatic nitrogens is 3. The van der Waals surface area contributed by atoms with E-state index in [1.807, 2.05) is 43.3 Å². The quantitative estimate of drug-likeness (QED) is 0.260. The number of halogens is 1. The predicted molar refractivity (Wildman–Crippen MR) is 135 cm³/mol. The van der Waals surface area contributed by atoms with Gasteiger partial charge in [0.15, 0.2) is 5.16 Å². The summed E-state index contributed by atoms with van der Waals surface area (Å²) < 4.78 is 15.4. The van der Waals surface area contributed by atoms with Crippen molar-refractivity contribution in [2.24, 2.45) is 0 Å². The van der Waals surface area contributed by atoms with Gasteiger partial charge in [0.2, 0.25) is 5.91 Å². The Kier molecular flexibility index (Phi) is 6.12. The van der Waals surface area contributed by atoms with Crippen LogP contribution in [0.3, 0.4) is 0 Å². The van der Waals surface area contributed by atoms with Gasteiger partial charge >= 0.3 is 0 Å². The van der Waals surface area contributed by atoms with Gasteiger partial charge in [0.25, 0.3) is 5.56 Å². The molecule has 0 saturated heterocycles. The second kappa shape index (κ2) is 9.36. The number of rotatable bonds is 6. The largest absolute Gasteiger partial charge is 0.325 e. The van der Waals surface area contributed by atoms with Crippen LogP contribution in [-0.4, -0.2) is 26.2 Å². The number of carbonyl (C=O) groups excluding carboxylic acids is 1. The number of amides is 1. The van der Waals surface area contributed by atoms with E-state index in [0.29, 0.717) is 21.1 Å². The van der Waals surface area contributed by atoms with Crippen LogP contribution in [0.5, 0.6) is 0 Å². The zero-order valence-electron chi connectivity index (χ0n) is 18.1. The number of hydrogen-bond acceptors (Lipinski definition) is 6. The maximum Gasteiger partial charge on any atom is 0.272 e. The van der Waals surface area contributed by atoms with Gasteiger partial charge in [-0.1, -0.05) is 41.6 Å². The van der Waals surface area contributed by atoms with Gasteiger partial charge in [0.1, 0.15) is 15.3 Å². The topological polar surface area (TPSA) is 76.9 Å². The van der Waals surface area contributed by atoms with E-state index in [2.05, 4.69) is 10.3 Å². The highest BCUT2D eigenvalue weighted by Gasteiger charge is 2.18. The SMILES string of the molecule is Cc1ccc(NC(=O)CSc2nc3c(sc4ncccc43)c(=O)n2Cc2ccc(F)cc2)cc1. The summed E-state index contributed by atoms with van der Waals surface area (Å²) in [7, 11) is 0. The molecule has 1 amide bonds. The average molecular weight is 491 g/mol. The normalized spacial score (nSPS) is 11.2. The van der Waals surface area contributed by atoms with Gasteiger partial charge in [-0.2, -0.15) is 0 Å². The van der Waals surface area contributed by atoms with Crippen LogP contribution in [0, 0.1) is 12.7 Å². The number of thiophene rings is 1. The summed E-state index contributed by atoms with van der Waals surface area (Å²) in [6.45, 7) is 2.19. The number of pyridine rings is 1. The molecule has 3 heterocycles. The Balaban J connectivity index is 1.50. The third-order valence-corrected chi connectivity index (χ3v) is 7.31. The van der Waals surface area contributed by atoms with E-state index in [0.717, 1.165) is 21.3 Å². The van der Waals surface area contributed by atoms with Crippen LogP contribution in [0.15, 0.2) is 76.8 Å². The molecule has 3 aromatic heterocycles. The average Bonchev–Trinajstić information content (AvgIpc) is 3.21. The zero-order valence-corrected chi connectivity index (χ0v) is 19.8.